The largest absolute Gasteiger partial charge is 0.382 e. The Kier molecular flexibility index (Phi) is 5.59. The minimum absolute atomic E-state index is 0.0138. The van der Waals surface area contributed by atoms with Crippen molar-refractivity contribution >= 4 is 17.7 Å². The first-order valence-electron chi connectivity index (χ1n) is 7.92. The number of ether oxygens (including phenoxy) is 1. The Labute approximate surface area is 136 Å². The molecule has 0 saturated carbocycles. The van der Waals surface area contributed by atoms with Gasteiger partial charge in [0.05, 0.1) is 19.7 Å². The van der Waals surface area contributed by atoms with E-state index < -0.39 is 5.54 Å². The molecule has 130 valence electrons. The Morgan fingerprint density at radius 1 is 1.30 bits per heavy atom. The van der Waals surface area contributed by atoms with E-state index in [0.29, 0.717) is 26.1 Å². The van der Waals surface area contributed by atoms with E-state index in [9.17, 15) is 14.4 Å². The maximum Gasteiger partial charge on any atom is 0.248 e. The predicted molar refractivity (Wildman–Crippen MR) is 83.7 cm³/mol. The smallest absolute Gasteiger partial charge is 0.248 e. The second-order valence-electron chi connectivity index (χ2n) is 6.22. The van der Waals surface area contributed by atoms with Crippen molar-refractivity contribution < 1.29 is 19.1 Å². The highest BCUT2D eigenvalue weighted by atomic mass is 16.5. The van der Waals surface area contributed by atoms with Crippen molar-refractivity contribution in [1.82, 2.24) is 20.0 Å². The van der Waals surface area contributed by atoms with Gasteiger partial charge in [-0.2, -0.15) is 0 Å². The van der Waals surface area contributed by atoms with Crippen LogP contribution in [0.2, 0.25) is 0 Å². The number of amides is 3. The van der Waals surface area contributed by atoms with Crippen LogP contribution >= 0.6 is 0 Å². The van der Waals surface area contributed by atoms with Crippen LogP contribution in [0.4, 0.5) is 0 Å². The summed E-state index contributed by atoms with van der Waals surface area (Å²) in [7, 11) is 4.86. The second kappa shape index (κ2) is 7.27. The van der Waals surface area contributed by atoms with E-state index in [4.69, 9.17) is 4.74 Å². The number of carbonyl (C=O) groups excluding carboxylic acids is 3. The summed E-state index contributed by atoms with van der Waals surface area (Å²) in [6, 6.07) is 0. The number of methoxy groups -OCH3 is 1. The van der Waals surface area contributed by atoms with Crippen LogP contribution in [0.5, 0.6) is 0 Å². The van der Waals surface area contributed by atoms with Crippen LogP contribution in [-0.4, -0.2) is 98.5 Å². The average molecular weight is 326 g/mol. The van der Waals surface area contributed by atoms with Crippen LogP contribution in [0.3, 0.4) is 0 Å². The molecule has 0 bridgehead atoms. The van der Waals surface area contributed by atoms with Crippen molar-refractivity contribution in [2.45, 2.75) is 18.4 Å². The van der Waals surface area contributed by atoms with Crippen LogP contribution in [0.1, 0.15) is 12.8 Å². The minimum Gasteiger partial charge on any atom is -0.382 e. The molecule has 0 radical (unpaired) electrons. The van der Waals surface area contributed by atoms with Gasteiger partial charge in [-0.25, -0.2) is 0 Å². The molecule has 0 aromatic carbocycles. The zero-order valence-corrected chi connectivity index (χ0v) is 14.1. The van der Waals surface area contributed by atoms with Crippen molar-refractivity contribution in [2.75, 3.05) is 60.5 Å². The molecule has 0 aliphatic carbocycles. The molecule has 1 unspecified atom stereocenters. The molecular formula is C15H26N4O4. The summed E-state index contributed by atoms with van der Waals surface area (Å²) in [5, 5.41) is 2.65. The molecule has 8 nitrogen and oxygen atoms in total. The molecule has 2 rings (SSSR count). The van der Waals surface area contributed by atoms with Crippen molar-refractivity contribution in [1.29, 1.82) is 0 Å². The topological polar surface area (TPSA) is 82.2 Å². The molecule has 2 heterocycles. The lowest BCUT2D eigenvalue weighted by Gasteiger charge is -2.38. The third-order valence-electron chi connectivity index (χ3n) is 4.72. The Morgan fingerprint density at radius 2 is 2.04 bits per heavy atom. The van der Waals surface area contributed by atoms with Crippen LogP contribution < -0.4 is 5.32 Å². The van der Waals surface area contributed by atoms with Gasteiger partial charge in [0.1, 0.15) is 5.54 Å². The lowest BCUT2D eigenvalue weighted by Crippen LogP contribution is -2.61. The lowest BCUT2D eigenvalue weighted by atomic mass is 9.95. The number of likely N-dealkylation sites (tertiary alicyclic amines) is 1. The van der Waals surface area contributed by atoms with E-state index in [-0.39, 0.29) is 37.4 Å². The number of rotatable bonds is 5. The van der Waals surface area contributed by atoms with Crippen molar-refractivity contribution in [3.63, 3.8) is 0 Å². The van der Waals surface area contributed by atoms with Gasteiger partial charge < -0.3 is 19.9 Å². The molecule has 2 aliphatic rings. The standard InChI is InChI=1S/C15H26N4O4/c1-16-14(22)15(11-23-3)5-4-6-19(15)13(21)10-18-8-7-17(2)12(20)9-18/h4-11H2,1-3H3,(H,16,22). The number of nitrogens with one attached hydrogen (secondary N) is 1. The first-order chi connectivity index (χ1) is 10.9. The molecule has 3 amide bonds. The Hall–Kier alpha value is -1.67. The molecule has 0 aromatic rings. The Bertz CT molecular complexity index is 484. The van der Waals surface area contributed by atoms with Crippen LogP contribution in [0.25, 0.3) is 0 Å². The van der Waals surface area contributed by atoms with E-state index in [0.717, 1.165) is 6.42 Å². The van der Waals surface area contributed by atoms with Gasteiger partial charge in [0.2, 0.25) is 17.7 Å². The summed E-state index contributed by atoms with van der Waals surface area (Å²) in [6.45, 7) is 2.40. The van der Waals surface area contributed by atoms with Crippen molar-refractivity contribution in [3.8, 4) is 0 Å². The van der Waals surface area contributed by atoms with Gasteiger partial charge in [-0.3, -0.25) is 19.3 Å². The van der Waals surface area contributed by atoms with Crippen molar-refractivity contribution in [2.24, 2.45) is 0 Å². The van der Waals surface area contributed by atoms with Gasteiger partial charge in [-0.05, 0) is 12.8 Å². The fourth-order valence-electron chi connectivity index (χ4n) is 3.38. The summed E-state index contributed by atoms with van der Waals surface area (Å²) >= 11 is 0. The third-order valence-corrected chi connectivity index (χ3v) is 4.72. The number of carbonyl (C=O) groups is 3. The van der Waals surface area contributed by atoms with Gasteiger partial charge in [-0.1, -0.05) is 0 Å². The molecular weight excluding hydrogens is 300 g/mol. The van der Waals surface area contributed by atoms with Gasteiger partial charge in [-0.15, -0.1) is 0 Å². The maximum atomic E-state index is 12.7. The minimum atomic E-state index is -0.933. The van der Waals surface area contributed by atoms with Gasteiger partial charge in [0.15, 0.2) is 0 Å². The normalized spacial score (nSPS) is 25.8. The lowest BCUT2D eigenvalue weighted by molar-refractivity contribution is -0.150. The predicted octanol–water partition coefficient (Wildman–Crippen LogP) is -1.49. The summed E-state index contributed by atoms with van der Waals surface area (Å²) in [5.41, 5.74) is -0.933. The SMILES string of the molecule is CNC(=O)C1(COC)CCCN1C(=O)CN1CCN(C)C(=O)C1. The average Bonchev–Trinajstić information content (AvgIpc) is 2.95. The molecule has 1 atom stereocenters. The summed E-state index contributed by atoms with van der Waals surface area (Å²) < 4.78 is 5.22. The fourth-order valence-corrected chi connectivity index (χ4v) is 3.38. The van der Waals surface area contributed by atoms with E-state index in [1.54, 1.807) is 23.9 Å². The quantitative estimate of drug-likeness (QED) is 0.666. The van der Waals surface area contributed by atoms with Crippen LogP contribution in [0.15, 0.2) is 0 Å². The zero-order valence-electron chi connectivity index (χ0n) is 14.1. The van der Waals surface area contributed by atoms with E-state index >= 15 is 0 Å². The number of nitrogens with zero attached hydrogens (tertiary/aromatic N) is 3. The summed E-state index contributed by atoms with van der Waals surface area (Å²) in [4.78, 5) is 42.0. The zero-order chi connectivity index (χ0) is 17.0. The molecule has 0 aromatic heterocycles. The number of likely N-dealkylation sites (N-methyl/N-ethyl adjacent to an activating group) is 2. The molecule has 0 spiro atoms. The fraction of sp³-hybridized carbons (Fsp3) is 0.800. The van der Waals surface area contributed by atoms with Crippen LogP contribution in [0, 0.1) is 0 Å². The summed E-state index contributed by atoms with van der Waals surface area (Å²) in [5.74, 6) is -0.305. The Morgan fingerprint density at radius 3 is 2.65 bits per heavy atom. The van der Waals surface area contributed by atoms with Gasteiger partial charge in [0, 0.05) is 40.8 Å². The van der Waals surface area contributed by atoms with E-state index in [2.05, 4.69) is 5.32 Å². The molecule has 23 heavy (non-hydrogen) atoms. The highest BCUT2D eigenvalue weighted by Crippen LogP contribution is 2.30. The Balaban J connectivity index is 2.07. The van der Waals surface area contributed by atoms with Gasteiger partial charge in [0.25, 0.3) is 0 Å². The number of piperazine rings is 1. The highest BCUT2D eigenvalue weighted by molar-refractivity contribution is 5.93. The molecule has 1 N–H and O–H groups in total. The molecule has 2 fully saturated rings. The number of hydrogen-bond acceptors (Lipinski definition) is 5. The first kappa shape index (κ1) is 17.7. The summed E-state index contributed by atoms with van der Waals surface area (Å²) in [6.07, 6.45) is 1.36. The van der Waals surface area contributed by atoms with E-state index in [1.165, 1.54) is 7.11 Å². The van der Waals surface area contributed by atoms with Gasteiger partial charge >= 0.3 is 0 Å². The first-order valence-corrected chi connectivity index (χ1v) is 7.92. The number of hydrogen-bond donors (Lipinski definition) is 1. The third kappa shape index (κ3) is 3.48. The monoisotopic (exact) mass is 326 g/mol. The van der Waals surface area contributed by atoms with Crippen LogP contribution in [-0.2, 0) is 19.1 Å². The second-order valence-corrected chi connectivity index (χ2v) is 6.22. The highest BCUT2D eigenvalue weighted by Gasteiger charge is 2.49. The van der Waals surface area contributed by atoms with E-state index in [1.807, 2.05) is 4.90 Å². The molecule has 8 heteroatoms. The molecule has 2 aliphatic heterocycles. The van der Waals surface area contributed by atoms with Crippen molar-refractivity contribution in [3.05, 3.63) is 0 Å². The maximum absolute atomic E-state index is 12.7. The molecule has 2 saturated heterocycles.